The number of rotatable bonds is 5. The van der Waals surface area contributed by atoms with Crippen LogP contribution in [0.5, 0.6) is 0 Å². The Morgan fingerprint density at radius 1 is 1.35 bits per heavy atom. The van der Waals surface area contributed by atoms with Crippen LogP contribution in [0.25, 0.3) is 11.2 Å². The third-order valence-electron chi connectivity index (χ3n) is 4.23. The summed E-state index contributed by atoms with van der Waals surface area (Å²) in [6, 6.07) is 0. The molecule has 1 aliphatic rings. The van der Waals surface area contributed by atoms with Gasteiger partial charge in [-0.1, -0.05) is 0 Å². The van der Waals surface area contributed by atoms with E-state index in [1.54, 1.807) is 12.7 Å². The summed E-state index contributed by atoms with van der Waals surface area (Å²) in [7, 11) is 4.01. The largest absolute Gasteiger partial charge is 0.355 e. The van der Waals surface area contributed by atoms with Crippen molar-refractivity contribution >= 4 is 22.9 Å². The maximum absolute atomic E-state index is 12.2. The second-order valence-corrected chi connectivity index (χ2v) is 6.15. The highest BCUT2D eigenvalue weighted by Gasteiger charge is 2.26. The fourth-order valence-corrected chi connectivity index (χ4v) is 2.89. The van der Waals surface area contributed by atoms with Crippen molar-refractivity contribution in [2.75, 3.05) is 45.2 Å². The van der Waals surface area contributed by atoms with Gasteiger partial charge in [-0.15, -0.1) is 0 Å². The third-order valence-corrected chi connectivity index (χ3v) is 4.23. The van der Waals surface area contributed by atoms with E-state index in [1.165, 1.54) is 0 Å². The van der Waals surface area contributed by atoms with Crippen molar-refractivity contribution in [1.29, 1.82) is 0 Å². The quantitative estimate of drug-likeness (QED) is 0.821. The second kappa shape index (κ2) is 6.91. The van der Waals surface area contributed by atoms with E-state index in [2.05, 4.69) is 35.1 Å². The highest BCUT2D eigenvalue weighted by Crippen LogP contribution is 2.25. The van der Waals surface area contributed by atoms with Gasteiger partial charge in [0.25, 0.3) is 0 Å². The second-order valence-electron chi connectivity index (χ2n) is 6.15. The molecule has 1 amide bonds. The number of hydrogen-bond donors (Lipinski definition) is 2. The molecule has 2 N–H and O–H groups in total. The maximum atomic E-state index is 12.2. The van der Waals surface area contributed by atoms with Gasteiger partial charge < -0.3 is 20.1 Å². The lowest BCUT2D eigenvalue weighted by Gasteiger charge is -2.32. The zero-order valence-corrected chi connectivity index (χ0v) is 13.6. The Kier molecular flexibility index (Phi) is 4.71. The minimum atomic E-state index is 0.0903. The average molecular weight is 317 g/mol. The molecular formula is C15H23N7O. The van der Waals surface area contributed by atoms with Crippen molar-refractivity contribution in [3.8, 4) is 0 Å². The lowest BCUT2D eigenvalue weighted by molar-refractivity contribution is -0.125. The summed E-state index contributed by atoms with van der Waals surface area (Å²) >= 11 is 0. The molecule has 0 saturated carbocycles. The molecular weight excluding hydrogens is 294 g/mol. The van der Waals surface area contributed by atoms with Gasteiger partial charge in [-0.25, -0.2) is 15.0 Å². The van der Waals surface area contributed by atoms with Crippen LogP contribution in [0.4, 0.5) is 5.82 Å². The van der Waals surface area contributed by atoms with Crippen LogP contribution >= 0.6 is 0 Å². The first-order valence-corrected chi connectivity index (χ1v) is 7.96. The fraction of sp³-hybridized carbons (Fsp3) is 0.600. The van der Waals surface area contributed by atoms with Crippen molar-refractivity contribution in [1.82, 2.24) is 30.2 Å². The zero-order valence-electron chi connectivity index (χ0n) is 13.6. The number of carbonyl (C=O) groups is 1. The number of fused-ring (bicyclic) bond motifs is 1. The number of H-pyrrole nitrogens is 1. The van der Waals surface area contributed by atoms with Gasteiger partial charge in [0.05, 0.1) is 6.33 Å². The van der Waals surface area contributed by atoms with Crippen molar-refractivity contribution in [2.24, 2.45) is 5.92 Å². The molecule has 3 rings (SSSR count). The fourth-order valence-electron chi connectivity index (χ4n) is 2.89. The van der Waals surface area contributed by atoms with Gasteiger partial charge in [0.1, 0.15) is 11.8 Å². The molecule has 0 atom stereocenters. The van der Waals surface area contributed by atoms with Crippen molar-refractivity contribution in [2.45, 2.75) is 12.8 Å². The van der Waals surface area contributed by atoms with Crippen LogP contribution in [0.2, 0.25) is 0 Å². The van der Waals surface area contributed by atoms with Gasteiger partial charge in [0, 0.05) is 32.1 Å². The molecule has 3 heterocycles. The summed E-state index contributed by atoms with van der Waals surface area (Å²) in [6.07, 6.45) is 4.85. The standard InChI is InChI=1S/C15H23N7O/c1-21(2)8-5-16-15(23)11-3-6-22(7-4-11)14-12-13(18-9-17-12)19-10-20-14/h9-11H,3-8H2,1-2H3,(H,16,23)(H,17,18,19,20). The van der Waals surface area contributed by atoms with E-state index in [0.717, 1.165) is 43.8 Å². The molecule has 124 valence electrons. The Bertz CT molecular complexity index is 661. The number of imidazole rings is 1. The molecule has 1 aliphatic heterocycles. The molecule has 8 heteroatoms. The molecule has 0 aliphatic carbocycles. The number of aromatic amines is 1. The monoisotopic (exact) mass is 317 g/mol. The normalized spacial score (nSPS) is 16.2. The van der Waals surface area contributed by atoms with Gasteiger partial charge in [-0.3, -0.25) is 4.79 Å². The lowest BCUT2D eigenvalue weighted by Crippen LogP contribution is -2.42. The first-order chi connectivity index (χ1) is 11.1. The number of piperidine rings is 1. The molecule has 0 spiro atoms. The Balaban J connectivity index is 1.56. The molecule has 23 heavy (non-hydrogen) atoms. The van der Waals surface area contributed by atoms with Crippen LogP contribution in [0.3, 0.4) is 0 Å². The van der Waals surface area contributed by atoms with E-state index in [4.69, 9.17) is 0 Å². The number of likely N-dealkylation sites (N-methyl/N-ethyl adjacent to an activating group) is 1. The summed E-state index contributed by atoms with van der Waals surface area (Å²) in [4.78, 5) is 32.2. The highest BCUT2D eigenvalue weighted by atomic mass is 16.1. The number of amides is 1. The van der Waals surface area contributed by atoms with Crippen LogP contribution in [0.15, 0.2) is 12.7 Å². The summed E-state index contributed by atoms with van der Waals surface area (Å²) < 4.78 is 0. The van der Waals surface area contributed by atoms with Crippen molar-refractivity contribution < 1.29 is 4.79 Å². The highest BCUT2D eigenvalue weighted by molar-refractivity contribution is 5.83. The Labute approximate surface area is 135 Å². The van der Waals surface area contributed by atoms with E-state index < -0.39 is 0 Å². The van der Waals surface area contributed by atoms with Gasteiger partial charge in [-0.2, -0.15) is 0 Å². The van der Waals surface area contributed by atoms with Crippen molar-refractivity contribution in [3.05, 3.63) is 12.7 Å². The molecule has 0 aromatic carbocycles. The van der Waals surface area contributed by atoms with E-state index >= 15 is 0 Å². The number of hydrogen-bond acceptors (Lipinski definition) is 6. The number of carbonyl (C=O) groups excluding carboxylic acids is 1. The molecule has 2 aromatic rings. The molecule has 2 aromatic heterocycles. The van der Waals surface area contributed by atoms with E-state index in [-0.39, 0.29) is 11.8 Å². The van der Waals surface area contributed by atoms with Gasteiger partial charge in [0.15, 0.2) is 11.5 Å². The zero-order chi connectivity index (χ0) is 16.2. The van der Waals surface area contributed by atoms with E-state index in [0.29, 0.717) is 12.2 Å². The molecule has 8 nitrogen and oxygen atoms in total. The number of nitrogens with one attached hydrogen (secondary N) is 2. The Morgan fingerprint density at radius 3 is 2.87 bits per heavy atom. The van der Waals surface area contributed by atoms with Crippen molar-refractivity contribution in [3.63, 3.8) is 0 Å². The first kappa shape index (κ1) is 15.7. The number of nitrogens with zero attached hydrogens (tertiary/aromatic N) is 5. The third kappa shape index (κ3) is 3.58. The van der Waals surface area contributed by atoms with E-state index in [1.807, 2.05) is 14.1 Å². The summed E-state index contributed by atoms with van der Waals surface area (Å²) in [5.74, 6) is 1.13. The van der Waals surface area contributed by atoms with E-state index in [9.17, 15) is 4.79 Å². The molecule has 1 fully saturated rings. The summed E-state index contributed by atoms with van der Waals surface area (Å²) in [5.41, 5.74) is 1.54. The Morgan fingerprint density at radius 2 is 2.13 bits per heavy atom. The summed E-state index contributed by atoms with van der Waals surface area (Å²) in [5, 5.41) is 3.02. The lowest BCUT2D eigenvalue weighted by atomic mass is 9.96. The van der Waals surface area contributed by atoms with Crippen LogP contribution < -0.4 is 10.2 Å². The van der Waals surface area contributed by atoms with Crippen LogP contribution in [-0.2, 0) is 4.79 Å². The van der Waals surface area contributed by atoms with Gasteiger partial charge in [0.2, 0.25) is 5.91 Å². The smallest absolute Gasteiger partial charge is 0.223 e. The van der Waals surface area contributed by atoms with Crippen LogP contribution in [0.1, 0.15) is 12.8 Å². The minimum Gasteiger partial charge on any atom is -0.355 e. The summed E-state index contributed by atoms with van der Waals surface area (Å²) in [6.45, 7) is 3.20. The topological polar surface area (TPSA) is 90.0 Å². The molecule has 0 bridgehead atoms. The Hall–Kier alpha value is -2.22. The minimum absolute atomic E-state index is 0.0903. The average Bonchev–Trinajstić information content (AvgIpc) is 3.03. The molecule has 1 saturated heterocycles. The van der Waals surface area contributed by atoms with Crippen LogP contribution in [-0.4, -0.2) is 71.0 Å². The van der Waals surface area contributed by atoms with Crippen LogP contribution in [0, 0.1) is 5.92 Å². The maximum Gasteiger partial charge on any atom is 0.223 e. The predicted octanol–water partition coefficient (Wildman–Crippen LogP) is 0.247. The number of aromatic nitrogens is 4. The van der Waals surface area contributed by atoms with Gasteiger partial charge >= 0.3 is 0 Å². The predicted molar refractivity (Wildman–Crippen MR) is 88.2 cm³/mol. The number of anilines is 1. The molecule has 0 radical (unpaired) electrons. The van der Waals surface area contributed by atoms with Gasteiger partial charge in [-0.05, 0) is 26.9 Å². The molecule has 0 unspecified atom stereocenters. The first-order valence-electron chi connectivity index (χ1n) is 7.96. The SMILES string of the molecule is CN(C)CCNC(=O)C1CCN(c2ncnc3nc[nH]c23)CC1.